The van der Waals surface area contributed by atoms with Crippen molar-refractivity contribution in [3.05, 3.63) is 45.8 Å². The maximum absolute atomic E-state index is 11.8. The highest BCUT2D eigenvalue weighted by Crippen LogP contribution is 2.20. The minimum atomic E-state index is -0.969. The van der Waals surface area contributed by atoms with E-state index in [9.17, 15) is 9.59 Å². The van der Waals surface area contributed by atoms with Crippen LogP contribution in [0.15, 0.2) is 29.4 Å². The van der Waals surface area contributed by atoms with E-state index in [0.717, 1.165) is 5.56 Å². The third-order valence-corrected chi connectivity index (χ3v) is 3.27. The molecular formula is C13H14N4O3. The summed E-state index contributed by atoms with van der Waals surface area (Å²) in [6.45, 7) is 1.35. The average Bonchev–Trinajstić information content (AvgIpc) is 2.77. The van der Waals surface area contributed by atoms with E-state index in [2.05, 4.69) is 10.0 Å². The number of carboxylic acid groups (broad SMARTS) is 1. The Morgan fingerprint density at radius 3 is 2.75 bits per heavy atom. The Bertz CT molecular complexity index is 563. The van der Waals surface area contributed by atoms with Gasteiger partial charge in [-0.3, -0.25) is 4.79 Å². The lowest BCUT2D eigenvalue weighted by Gasteiger charge is -2.16. The van der Waals surface area contributed by atoms with Crippen molar-refractivity contribution in [1.82, 2.24) is 4.90 Å². The predicted octanol–water partition coefficient (Wildman–Crippen LogP) is 2.04. The van der Waals surface area contributed by atoms with Gasteiger partial charge in [0, 0.05) is 31.0 Å². The first-order chi connectivity index (χ1) is 9.60. The number of azide groups is 1. The van der Waals surface area contributed by atoms with E-state index in [-0.39, 0.29) is 17.4 Å². The van der Waals surface area contributed by atoms with E-state index >= 15 is 0 Å². The standard InChI is InChI=1S/C13H14N4O3/c14-16-15-6-10-5-12(18)17(8-10)7-9-1-3-11(4-2-9)13(19)20/h1-4,10H,5-8H2,(H,19,20). The number of amides is 1. The molecule has 2 rings (SSSR count). The number of carbonyl (C=O) groups is 2. The summed E-state index contributed by atoms with van der Waals surface area (Å²) in [5, 5.41) is 12.3. The molecule has 0 bridgehead atoms. The van der Waals surface area contributed by atoms with Gasteiger partial charge in [0.25, 0.3) is 0 Å². The van der Waals surface area contributed by atoms with Crippen molar-refractivity contribution in [1.29, 1.82) is 0 Å². The molecule has 1 N–H and O–H groups in total. The van der Waals surface area contributed by atoms with E-state index < -0.39 is 5.97 Å². The highest BCUT2D eigenvalue weighted by atomic mass is 16.4. The molecule has 1 fully saturated rings. The number of carboxylic acids is 1. The van der Waals surface area contributed by atoms with Crippen LogP contribution in [0.25, 0.3) is 10.4 Å². The van der Waals surface area contributed by atoms with Crippen LogP contribution in [-0.4, -0.2) is 35.0 Å². The largest absolute Gasteiger partial charge is 0.478 e. The molecule has 20 heavy (non-hydrogen) atoms. The number of carbonyl (C=O) groups excluding carboxylic acids is 1. The molecule has 0 saturated carbocycles. The lowest BCUT2D eigenvalue weighted by atomic mass is 10.1. The summed E-state index contributed by atoms with van der Waals surface area (Å²) in [4.78, 5) is 27.0. The maximum Gasteiger partial charge on any atom is 0.335 e. The minimum absolute atomic E-state index is 0.0328. The molecule has 104 valence electrons. The fourth-order valence-corrected chi connectivity index (χ4v) is 2.25. The topological polar surface area (TPSA) is 106 Å². The number of rotatable bonds is 5. The second kappa shape index (κ2) is 6.08. The summed E-state index contributed by atoms with van der Waals surface area (Å²) in [6, 6.07) is 6.46. The van der Waals surface area contributed by atoms with Crippen LogP contribution in [0.5, 0.6) is 0 Å². The van der Waals surface area contributed by atoms with Crippen molar-refractivity contribution in [2.75, 3.05) is 13.1 Å². The van der Waals surface area contributed by atoms with Crippen LogP contribution in [0.1, 0.15) is 22.3 Å². The Balaban J connectivity index is 1.97. The quantitative estimate of drug-likeness (QED) is 0.504. The molecule has 0 radical (unpaired) electrons. The van der Waals surface area contributed by atoms with Crippen molar-refractivity contribution in [3.63, 3.8) is 0 Å². The number of hydrogen-bond acceptors (Lipinski definition) is 3. The van der Waals surface area contributed by atoms with Crippen molar-refractivity contribution >= 4 is 11.9 Å². The molecule has 1 unspecified atom stereocenters. The van der Waals surface area contributed by atoms with Crippen molar-refractivity contribution in [3.8, 4) is 0 Å². The summed E-state index contributed by atoms with van der Waals surface area (Å²) in [6.07, 6.45) is 0.395. The highest BCUT2D eigenvalue weighted by Gasteiger charge is 2.28. The van der Waals surface area contributed by atoms with Crippen molar-refractivity contribution in [2.24, 2.45) is 11.0 Å². The Labute approximate surface area is 115 Å². The second-order valence-electron chi connectivity index (χ2n) is 4.76. The third kappa shape index (κ3) is 3.27. The van der Waals surface area contributed by atoms with E-state index in [1.165, 1.54) is 12.1 Å². The molecule has 0 aliphatic carbocycles. The number of likely N-dealkylation sites (tertiary alicyclic amines) is 1. The second-order valence-corrected chi connectivity index (χ2v) is 4.76. The normalized spacial score (nSPS) is 17.9. The highest BCUT2D eigenvalue weighted by molar-refractivity contribution is 5.87. The fraction of sp³-hybridized carbons (Fsp3) is 0.385. The molecule has 1 amide bonds. The van der Waals surface area contributed by atoms with Gasteiger partial charge >= 0.3 is 5.97 Å². The van der Waals surface area contributed by atoms with Gasteiger partial charge in [-0.05, 0) is 29.1 Å². The summed E-state index contributed by atoms with van der Waals surface area (Å²) in [5.41, 5.74) is 9.38. The molecule has 0 aromatic heterocycles. The van der Waals surface area contributed by atoms with E-state index in [1.54, 1.807) is 17.0 Å². The average molecular weight is 274 g/mol. The van der Waals surface area contributed by atoms with Gasteiger partial charge in [0.2, 0.25) is 5.91 Å². The Morgan fingerprint density at radius 1 is 1.45 bits per heavy atom. The van der Waals surface area contributed by atoms with E-state index in [4.69, 9.17) is 10.6 Å². The van der Waals surface area contributed by atoms with Gasteiger partial charge in [-0.2, -0.15) is 0 Å². The summed E-state index contributed by atoms with van der Waals surface area (Å²) >= 11 is 0. The van der Waals surface area contributed by atoms with Gasteiger partial charge in [-0.1, -0.05) is 17.2 Å². The van der Waals surface area contributed by atoms with Crippen LogP contribution in [-0.2, 0) is 11.3 Å². The number of aromatic carboxylic acids is 1. The van der Waals surface area contributed by atoms with Crippen LogP contribution in [0.3, 0.4) is 0 Å². The van der Waals surface area contributed by atoms with Gasteiger partial charge in [-0.25, -0.2) is 4.79 Å². The fourth-order valence-electron chi connectivity index (χ4n) is 2.25. The maximum atomic E-state index is 11.8. The summed E-state index contributed by atoms with van der Waals surface area (Å²) in [7, 11) is 0. The summed E-state index contributed by atoms with van der Waals surface area (Å²) < 4.78 is 0. The Hall–Kier alpha value is -2.53. The molecule has 7 nitrogen and oxygen atoms in total. The number of hydrogen-bond donors (Lipinski definition) is 1. The van der Waals surface area contributed by atoms with E-state index in [0.29, 0.717) is 26.1 Å². The van der Waals surface area contributed by atoms with Gasteiger partial charge in [0.1, 0.15) is 0 Å². The molecule has 1 aliphatic heterocycles. The van der Waals surface area contributed by atoms with Crippen LogP contribution in [0.2, 0.25) is 0 Å². The first-order valence-electron chi connectivity index (χ1n) is 6.21. The Morgan fingerprint density at radius 2 is 2.15 bits per heavy atom. The lowest BCUT2D eigenvalue weighted by Crippen LogP contribution is -2.24. The monoisotopic (exact) mass is 274 g/mol. The van der Waals surface area contributed by atoms with Gasteiger partial charge in [-0.15, -0.1) is 0 Å². The molecular weight excluding hydrogens is 260 g/mol. The van der Waals surface area contributed by atoms with Crippen molar-refractivity contribution < 1.29 is 14.7 Å². The molecule has 1 saturated heterocycles. The first kappa shape index (κ1) is 13.9. The van der Waals surface area contributed by atoms with Crippen LogP contribution >= 0.6 is 0 Å². The summed E-state index contributed by atoms with van der Waals surface area (Å²) in [5.74, 6) is -0.870. The SMILES string of the molecule is [N-]=[N+]=NCC1CC(=O)N(Cc2ccc(C(=O)O)cc2)C1. The van der Waals surface area contributed by atoms with Crippen molar-refractivity contribution in [2.45, 2.75) is 13.0 Å². The van der Waals surface area contributed by atoms with Gasteiger partial charge in [0.15, 0.2) is 0 Å². The number of benzene rings is 1. The van der Waals surface area contributed by atoms with Crippen LogP contribution in [0, 0.1) is 5.92 Å². The molecule has 0 spiro atoms. The number of nitrogens with zero attached hydrogens (tertiary/aromatic N) is 4. The molecule has 1 heterocycles. The molecule has 1 atom stereocenters. The van der Waals surface area contributed by atoms with E-state index in [1.807, 2.05) is 0 Å². The molecule has 1 aliphatic rings. The minimum Gasteiger partial charge on any atom is -0.478 e. The van der Waals surface area contributed by atoms with Crippen LogP contribution < -0.4 is 0 Å². The zero-order valence-electron chi connectivity index (χ0n) is 10.8. The lowest BCUT2D eigenvalue weighted by molar-refractivity contribution is -0.128. The molecule has 1 aromatic rings. The smallest absolute Gasteiger partial charge is 0.335 e. The first-order valence-corrected chi connectivity index (χ1v) is 6.21. The Kier molecular flexibility index (Phi) is 4.22. The van der Waals surface area contributed by atoms with Gasteiger partial charge in [0.05, 0.1) is 5.56 Å². The van der Waals surface area contributed by atoms with Crippen LogP contribution in [0.4, 0.5) is 0 Å². The third-order valence-electron chi connectivity index (χ3n) is 3.27. The molecule has 7 heteroatoms. The predicted molar refractivity (Wildman–Crippen MR) is 70.9 cm³/mol. The zero-order chi connectivity index (χ0) is 14.5. The molecule has 1 aromatic carbocycles. The zero-order valence-corrected chi connectivity index (χ0v) is 10.8. The van der Waals surface area contributed by atoms with Gasteiger partial charge < -0.3 is 10.0 Å².